The van der Waals surface area contributed by atoms with E-state index in [1.165, 1.54) is 0 Å². The van der Waals surface area contributed by atoms with Gasteiger partial charge in [-0.1, -0.05) is 12.1 Å². The van der Waals surface area contributed by atoms with E-state index >= 15 is 0 Å². The fourth-order valence-electron chi connectivity index (χ4n) is 3.56. The highest BCUT2D eigenvalue weighted by Crippen LogP contribution is 2.20. The summed E-state index contributed by atoms with van der Waals surface area (Å²) < 4.78 is 10.4. The van der Waals surface area contributed by atoms with Crippen molar-refractivity contribution < 1.29 is 23.9 Å². The number of nitrogens with zero attached hydrogens (tertiary/aromatic N) is 2. The molecule has 0 radical (unpaired) electrons. The molecule has 1 fully saturated rings. The van der Waals surface area contributed by atoms with Crippen LogP contribution in [-0.2, 0) is 16.1 Å². The lowest BCUT2D eigenvalue weighted by Gasteiger charge is -2.36. The molecule has 3 rings (SSSR count). The predicted molar refractivity (Wildman–Crippen MR) is 129 cm³/mol. The van der Waals surface area contributed by atoms with Gasteiger partial charge in [0.25, 0.3) is 5.91 Å². The number of piperazine rings is 1. The molecule has 3 amide bonds. The third-order valence-electron chi connectivity index (χ3n) is 5.46. The van der Waals surface area contributed by atoms with Crippen molar-refractivity contribution in [3.63, 3.8) is 0 Å². The maximum Gasteiger partial charge on any atom is 0.338 e. The molecule has 0 atom stereocenters. The minimum absolute atomic E-state index is 0.0530. The number of carbonyl (C=O) groups is 3. The molecule has 0 spiro atoms. The van der Waals surface area contributed by atoms with Crippen LogP contribution >= 0.6 is 0 Å². The number of methoxy groups -OCH3 is 1. The summed E-state index contributed by atoms with van der Waals surface area (Å²) >= 11 is 0. The lowest BCUT2D eigenvalue weighted by Crippen LogP contribution is -2.49. The Bertz CT molecular complexity index is 968. The van der Waals surface area contributed by atoms with Crippen LogP contribution in [-0.4, -0.2) is 68.7 Å². The van der Waals surface area contributed by atoms with Gasteiger partial charge >= 0.3 is 12.0 Å². The summed E-state index contributed by atoms with van der Waals surface area (Å²) in [5, 5.41) is 5.49. The van der Waals surface area contributed by atoms with E-state index in [9.17, 15) is 14.4 Å². The summed E-state index contributed by atoms with van der Waals surface area (Å²) in [6.45, 7) is 6.35. The second-order valence-electron chi connectivity index (χ2n) is 8.32. The lowest BCUT2D eigenvalue weighted by molar-refractivity contribution is -0.134. The van der Waals surface area contributed by atoms with E-state index in [2.05, 4.69) is 15.5 Å². The molecule has 2 N–H and O–H groups in total. The van der Waals surface area contributed by atoms with E-state index < -0.39 is 5.97 Å². The van der Waals surface area contributed by atoms with Gasteiger partial charge in [-0.25, -0.2) is 9.59 Å². The Balaban J connectivity index is 1.40. The first-order valence-corrected chi connectivity index (χ1v) is 11.3. The number of carbonyl (C=O) groups excluding carboxylic acids is 3. The third-order valence-corrected chi connectivity index (χ3v) is 5.46. The molecule has 182 valence electrons. The van der Waals surface area contributed by atoms with Crippen LogP contribution < -0.4 is 20.3 Å². The number of urea groups is 1. The van der Waals surface area contributed by atoms with Crippen LogP contribution in [0.4, 0.5) is 10.5 Å². The van der Waals surface area contributed by atoms with Crippen LogP contribution in [0.2, 0.25) is 0 Å². The average Bonchev–Trinajstić information content (AvgIpc) is 2.86. The van der Waals surface area contributed by atoms with Crippen molar-refractivity contribution in [2.45, 2.75) is 26.4 Å². The van der Waals surface area contributed by atoms with Gasteiger partial charge in [0.2, 0.25) is 0 Å². The number of benzene rings is 2. The SMILES string of the molecule is COc1ccc(N2CCN(C(=O)COC(=O)c3ccc(CNC(=O)NC(C)C)cc3)CC2)cc1. The van der Waals surface area contributed by atoms with Crippen molar-refractivity contribution in [2.24, 2.45) is 0 Å². The number of ether oxygens (including phenoxy) is 2. The topological polar surface area (TPSA) is 100 Å². The van der Waals surface area contributed by atoms with Gasteiger partial charge in [-0.05, 0) is 55.8 Å². The maximum absolute atomic E-state index is 12.5. The zero-order chi connectivity index (χ0) is 24.5. The van der Waals surface area contributed by atoms with Gasteiger partial charge in [0, 0.05) is 44.5 Å². The number of rotatable bonds is 8. The first-order valence-electron chi connectivity index (χ1n) is 11.3. The van der Waals surface area contributed by atoms with Gasteiger partial charge in [0.1, 0.15) is 5.75 Å². The zero-order valence-electron chi connectivity index (χ0n) is 19.9. The monoisotopic (exact) mass is 468 g/mol. The summed E-state index contributed by atoms with van der Waals surface area (Å²) in [6.07, 6.45) is 0. The number of anilines is 1. The van der Waals surface area contributed by atoms with Crippen molar-refractivity contribution in [1.82, 2.24) is 15.5 Å². The molecular formula is C25H32N4O5. The van der Waals surface area contributed by atoms with E-state index in [-0.39, 0.29) is 24.6 Å². The lowest BCUT2D eigenvalue weighted by atomic mass is 10.1. The minimum Gasteiger partial charge on any atom is -0.497 e. The van der Waals surface area contributed by atoms with Crippen molar-refractivity contribution >= 4 is 23.6 Å². The molecule has 0 unspecified atom stereocenters. The molecule has 9 nitrogen and oxygen atoms in total. The number of amides is 3. The maximum atomic E-state index is 12.5. The van der Waals surface area contributed by atoms with Crippen LogP contribution in [0.5, 0.6) is 5.75 Å². The largest absolute Gasteiger partial charge is 0.497 e. The van der Waals surface area contributed by atoms with Crippen LogP contribution in [0.15, 0.2) is 48.5 Å². The van der Waals surface area contributed by atoms with Crippen molar-refractivity contribution in [2.75, 3.05) is 44.8 Å². The molecule has 0 saturated carbocycles. The Morgan fingerprint density at radius 3 is 2.18 bits per heavy atom. The quantitative estimate of drug-likeness (QED) is 0.577. The van der Waals surface area contributed by atoms with Crippen LogP contribution in [0, 0.1) is 0 Å². The summed E-state index contributed by atoms with van der Waals surface area (Å²) in [5.41, 5.74) is 2.28. The molecule has 2 aromatic rings. The van der Waals surface area contributed by atoms with Crippen molar-refractivity contribution in [3.05, 3.63) is 59.7 Å². The highest BCUT2D eigenvalue weighted by molar-refractivity contribution is 5.91. The standard InChI is InChI=1S/C25H32N4O5/c1-18(2)27-25(32)26-16-19-4-6-20(7-5-19)24(31)34-17-23(30)29-14-12-28(13-15-29)21-8-10-22(33-3)11-9-21/h4-11,18H,12-17H2,1-3H3,(H2,26,27,32). The third kappa shape index (κ3) is 7.13. The van der Waals surface area contributed by atoms with Gasteiger partial charge in [-0.3, -0.25) is 4.79 Å². The highest BCUT2D eigenvalue weighted by atomic mass is 16.5. The Morgan fingerprint density at radius 2 is 1.59 bits per heavy atom. The second-order valence-corrected chi connectivity index (χ2v) is 8.32. The van der Waals surface area contributed by atoms with Crippen LogP contribution in [0.1, 0.15) is 29.8 Å². The smallest absolute Gasteiger partial charge is 0.338 e. The number of hydrogen-bond acceptors (Lipinski definition) is 6. The van der Waals surface area contributed by atoms with Gasteiger partial charge in [0.05, 0.1) is 12.7 Å². The molecule has 9 heteroatoms. The van der Waals surface area contributed by atoms with Gasteiger partial charge < -0.3 is 29.9 Å². The molecule has 34 heavy (non-hydrogen) atoms. The molecule has 1 aliphatic rings. The van der Waals surface area contributed by atoms with Crippen LogP contribution in [0.25, 0.3) is 0 Å². The van der Waals surface area contributed by atoms with E-state index in [0.717, 1.165) is 17.0 Å². The molecule has 0 bridgehead atoms. The van der Waals surface area contributed by atoms with E-state index in [1.807, 2.05) is 38.1 Å². The summed E-state index contributed by atoms with van der Waals surface area (Å²) in [5.74, 6) is 0.0433. The van der Waals surface area contributed by atoms with Crippen molar-refractivity contribution in [3.8, 4) is 5.75 Å². The fraction of sp³-hybridized carbons (Fsp3) is 0.400. The molecule has 0 aromatic heterocycles. The first-order chi connectivity index (χ1) is 16.4. The van der Waals surface area contributed by atoms with Crippen LogP contribution in [0.3, 0.4) is 0 Å². The molecule has 1 aliphatic heterocycles. The molecule has 0 aliphatic carbocycles. The minimum atomic E-state index is -0.553. The van der Waals surface area contributed by atoms with E-state index in [4.69, 9.17) is 9.47 Å². The normalized spacial score (nSPS) is 13.4. The number of esters is 1. The van der Waals surface area contributed by atoms with E-state index in [1.54, 1.807) is 36.3 Å². The number of hydrogen-bond donors (Lipinski definition) is 2. The summed E-state index contributed by atoms with van der Waals surface area (Å²) in [6, 6.07) is 14.4. The fourth-order valence-corrected chi connectivity index (χ4v) is 3.56. The molecular weight excluding hydrogens is 436 g/mol. The van der Waals surface area contributed by atoms with Gasteiger partial charge in [-0.2, -0.15) is 0 Å². The molecule has 2 aromatic carbocycles. The Labute approximate surface area is 200 Å². The van der Waals surface area contributed by atoms with Crippen molar-refractivity contribution in [1.29, 1.82) is 0 Å². The molecule has 1 saturated heterocycles. The highest BCUT2D eigenvalue weighted by Gasteiger charge is 2.22. The second kappa shape index (κ2) is 11.9. The van der Waals surface area contributed by atoms with Gasteiger partial charge in [-0.15, -0.1) is 0 Å². The zero-order valence-corrected chi connectivity index (χ0v) is 19.9. The van der Waals surface area contributed by atoms with E-state index in [0.29, 0.717) is 38.3 Å². The molecule has 1 heterocycles. The van der Waals surface area contributed by atoms with Gasteiger partial charge in [0.15, 0.2) is 6.61 Å². The summed E-state index contributed by atoms with van der Waals surface area (Å²) in [7, 11) is 1.63. The predicted octanol–water partition coefficient (Wildman–Crippen LogP) is 2.41. The Hall–Kier alpha value is -3.75. The number of nitrogens with one attached hydrogen (secondary N) is 2. The Kier molecular flexibility index (Phi) is 8.73. The average molecular weight is 469 g/mol. The first kappa shape index (κ1) is 24.9. The Morgan fingerprint density at radius 1 is 0.941 bits per heavy atom. The summed E-state index contributed by atoms with van der Waals surface area (Å²) in [4.78, 5) is 40.4.